The van der Waals surface area contributed by atoms with Crippen LogP contribution >= 0.6 is 11.6 Å². The normalized spacial score (nSPS) is 12.1. The van der Waals surface area contributed by atoms with Crippen LogP contribution in [0.4, 0.5) is 11.5 Å². The van der Waals surface area contributed by atoms with Crippen LogP contribution in [-0.2, 0) is 4.79 Å². The van der Waals surface area contributed by atoms with Gasteiger partial charge in [-0.1, -0.05) is 127 Å². The lowest BCUT2D eigenvalue weighted by atomic mass is 9.95. The first-order valence-corrected chi connectivity index (χ1v) is 18.9. The third-order valence-corrected chi connectivity index (χ3v) is 9.69. The minimum absolute atomic E-state index is 0.134. The van der Waals surface area contributed by atoms with Crippen molar-refractivity contribution in [2.45, 2.75) is 106 Å². The van der Waals surface area contributed by atoms with E-state index in [2.05, 4.69) is 66.4 Å². The Labute approximate surface area is 309 Å². The van der Waals surface area contributed by atoms with Crippen molar-refractivity contribution in [2.24, 2.45) is 5.41 Å². The number of carbonyl (C=O) groups is 1. The van der Waals surface area contributed by atoms with E-state index in [1.54, 1.807) is 37.4 Å². The molecule has 0 aliphatic rings. The number of fused-ring (bicyclic) bond motifs is 1. The predicted octanol–water partition coefficient (Wildman–Crippen LogP) is 10.7. The molecule has 4 aromatic rings. The van der Waals surface area contributed by atoms with Gasteiger partial charge in [0.2, 0.25) is 5.91 Å². The SMILES string of the molecule is CCCCCCCCCCCCN(CC)c1ccc(/C=C/C=c2/c(-c3ccc(Cl)cc3)c(C#N)c3c(C#N)c(NC(=O)C(C)(C)C)nn23)c(C)c1. The highest BCUT2D eigenvalue weighted by molar-refractivity contribution is 6.30. The largest absolute Gasteiger partial charge is 0.372 e. The number of nitrogens with zero attached hydrogens (tertiary/aromatic N) is 5. The molecule has 268 valence electrons. The van der Waals surface area contributed by atoms with Crippen molar-refractivity contribution >= 4 is 46.7 Å². The highest BCUT2D eigenvalue weighted by Crippen LogP contribution is 2.31. The lowest BCUT2D eigenvalue weighted by Gasteiger charge is -2.24. The minimum atomic E-state index is -0.695. The molecule has 51 heavy (non-hydrogen) atoms. The van der Waals surface area contributed by atoms with Gasteiger partial charge in [0.25, 0.3) is 0 Å². The number of carbonyl (C=O) groups excluding carboxylic acids is 1. The Morgan fingerprint density at radius 2 is 1.55 bits per heavy atom. The number of rotatable bonds is 17. The zero-order valence-corrected chi connectivity index (χ0v) is 32.0. The quantitative estimate of drug-likeness (QED) is 0.110. The summed E-state index contributed by atoms with van der Waals surface area (Å²) in [6.45, 7) is 14.0. The number of hydrogen-bond donors (Lipinski definition) is 1. The summed E-state index contributed by atoms with van der Waals surface area (Å²) in [5, 5.41) is 29.3. The fourth-order valence-electron chi connectivity index (χ4n) is 6.38. The minimum Gasteiger partial charge on any atom is -0.372 e. The summed E-state index contributed by atoms with van der Waals surface area (Å²) in [4.78, 5) is 15.3. The number of aryl methyl sites for hydroxylation is 1. The van der Waals surface area contributed by atoms with Crippen molar-refractivity contribution in [3.63, 3.8) is 0 Å². The standard InChI is InChI=1S/C43H53ClN6O/c1-7-9-10-11-12-13-14-15-16-17-27-49(8-2)35-26-23-32(31(3)28-35)19-18-20-38-39(33-21-24-34(44)25-22-33)36(29-45)40-37(30-46)41(48-50(38)40)47-42(51)43(4,5)6/h18-26,28H,7-17,27H2,1-6H3,(H,47,48,51)/b19-18+,38-20-. The fourth-order valence-corrected chi connectivity index (χ4v) is 6.51. The van der Waals surface area contributed by atoms with Crippen molar-refractivity contribution in [3.05, 3.63) is 81.2 Å². The van der Waals surface area contributed by atoms with E-state index in [-0.39, 0.29) is 17.3 Å². The number of halogens is 1. The van der Waals surface area contributed by atoms with Gasteiger partial charge < -0.3 is 10.2 Å². The molecule has 0 spiro atoms. The number of aromatic nitrogens is 2. The van der Waals surface area contributed by atoms with E-state index in [0.29, 0.717) is 27.0 Å². The van der Waals surface area contributed by atoms with Crippen LogP contribution in [-0.4, -0.2) is 28.6 Å². The van der Waals surface area contributed by atoms with Crippen LogP contribution < -0.4 is 15.6 Å². The number of unbranched alkanes of at least 4 members (excludes halogenated alkanes) is 9. The van der Waals surface area contributed by atoms with Crippen LogP contribution in [0, 0.1) is 35.0 Å². The summed E-state index contributed by atoms with van der Waals surface area (Å²) >= 11 is 6.21. The Bertz CT molecular complexity index is 1950. The molecule has 1 amide bonds. The average Bonchev–Trinajstić information content (AvgIpc) is 3.61. The van der Waals surface area contributed by atoms with E-state index >= 15 is 0 Å². The molecular weight excluding hydrogens is 652 g/mol. The zero-order chi connectivity index (χ0) is 37.0. The first kappa shape index (κ1) is 39.2. The number of anilines is 2. The van der Waals surface area contributed by atoms with Gasteiger partial charge in [0.1, 0.15) is 23.2 Å². The second-order valence-electron chi connectivity index (χ2n) is 14.4. The van der Waals surface area contributed by atoms with Gasteiger partial charge in [-0.15, -0.1) is 5.10 Å². The first-order chi connectivity index (χ1) is 24.5. The molecule has 0 radical (unpaired) electrons. The van der Waals surface area contributed by atoms with E-state index < -0.39 is 5.41 Å². The van der Waals surface area contributed by atoms with Gasteiger partial charge in [0, 0.05) is 34.8 Å². The second-order valence-corrected chi connectivity index (χ2v) is 14.8. The molecule has 0 saturated heterocycles. The summed E-state index contributed by atoms with van der Waals surface area (Å²) < 4.78 is 1.59. The molecule has 0 fully saturated rings. The third kappa shape index (κ3) is 10.0. The van der Waals surface area contributed by atoms with Gasteiger partial charge in [0.05, 0.1) is 10.9 Å². The summed E-state index contributed by atoms with van der Waals surface area (Å²) in [5.41, 5.74) is 5.01. The molecule has 0 atom stereocenters. The van der Waals surface area contributed by atoms with E-state index in [4.69, 9.17) is 11.6 Å². The van der Waals surface area contributed by atoms with Crippen molar-refractivity contribution < 1.29 is 4.79 Å². The summed E-state index contributed by atoms with van der Waals surface area (Å²) in [6, 6.07) is 18.3. The molecule has 2 aromatic carbocycles. The fraction of sp³-hybridized carbons (Fsp3) is 0.442. The maximum absolute atomic E-state index is 12.9. The number of allylic oxidation sites excluding steroid dienone is 1. The third-order valence-electron chi connectivity index (χ3n) is 9.44. The van der Waals surface area contributed by atoms with Crippen molar-refractivity contribution in [1.82, 2.24) is 9.61 Å². The molecule has 2 heterocycles. The van der Waals surface area contributed by atoms with E-state index in [1.807, 2.05) is 30.4 Å². The van der Waals surface area contributed by atoms with Gasteiger partial charge in [-0.3, -0.25) is 4.79 Å². The van der Waals surface area contributed by atoms with E-state index in [0.717, 1.165) is 24.2 Å². The van der Waals surface area contributed by atoms with Gasteiger partial charge >= 0.3 is 0 Å². The monoisotopic (exact) mass is 704 g/mol. The molecule has 8 heteroatoms. The Morgan fingerprint density at radius 3 is 2.12 bits per heavy atom. The Balaban J connectivity index is 1.59. The molecule has 0 aliphatic heterocycles. The number of nitriles is 2. The van der Waals surface area contributed by atoms with Crippen LogP contribution in [0.1, 0.15) is 121 Å². The molecule has 4 rings (SSSR count). The topological polar surface area (TPSA) is 97.2 Å². The molecule has 0 saturated carbocycles. The summed E-state index contributed by atoms with van der Waals surface area (Å²) in [5.74, 6) is -0.138. The van der Waals surface area contributed by atoms with Gasteiger partial charge in [-0.25, -0.2) is 4.52 Å². The smallest absolute Gasteiger partial charge is 0.230 e. The Kier molecular flexibility index (Phi) is 14.3. The molecule has 2 aromatic heterocycles. The number of amides is 1. The Hall–Kier alpha value is -4.59. The van der Waals surface area contributed by atoms with Crippen LogP contribution in [0.5, 0.6) is 0 Å². The molecule has 1 N–H and O–H groups in total. The number of nitrogens with one attached hydrogen (secondary N) is 1. The van der Waals surface area contributed by atoms with Crippen LogP contribution in [0.15, 0.2) is 48.5 Å². The summed E-state index contributed by atoms with van der Waals surface area (Å²) in [6.07, 6.45) is 19.2. The zero-order valence-electron chi connectivity index (χ0n) is 31.3. The van der Waals surface area contributed by atoms with Crippen molar-refractivity contribution in [3.8, 4) is 23.3 Å². The van der Waals surface area contributed by atoms with Crippen LogP contribution in [0.2, 0.25) is 5.02 Å². The molecular formula is C43H53ClN6O. The van der Waals surface area contributed by atoms with Crippen molar-refractivity contribution in [2.75, 3.05) is 23.3 Å². The maximum Gasteiger partial charge on any atom is 0.230 e. The molecule has 0 aliphatic carbocycles. The highest BCUT2D eigenvalue weighted by atomic mass is 35.5. The van der Waals surface area contributed by atoms with Crippen LogP contribution in [0.25, 0.3) is 28.8 Å². The van der Waals surface area contributed by atoms with E-state index in [1.165, 1.54) is 75.5 Å². The number of benzene rings is 2. The first-order valence-electron chi connectivity index (χ1n) is 18.5. The van der Waals surface area contributed by atoms with Crippen LogP contribution in [0.3, 0.4) is 0 Å². The highest BCUT2D eigenvalue weighted by Gasteiger charge is 2.28. The lowest BCUT2D eigenvalue weighted by molar-refractivity contribution is -0.123. The van der Waals surface area contributed by atoms with E-state index in [9.17, 15) is 15.3 Å². The molecule has 7 nitrogen and oxygen atoms in total. The molecule has 0 bridgehead atoms. The predicted molar refractivity (Wildman–Crippen MR) is 213 cm³/mol. The molecule has 0 unspecified atom stereocenters. The Morgan fingerprint density at radius 1 is 0.922 bits per heavy atom. The maximum atomic E-state index is 12.9. The summed E-state index contributed by atoms with van der Waals surface area (Å²) in [7, 11) is 0. The lowest BCUT2D eigenvalue weighted by Crippen LogP contribution is -2.28. The van der Waals surface area contributed by atoms with Gasteiger partial charge in [-0.05, 0) is 67.3 Å². The van der Waals surface area contributed by atoms with Gasteiger partial charge in [-0.2, -0.15) is 10.5 Å². The number of hydrogen-bond acceptors (Lipinski definition) is 5. The van der Waals surface area contributed by atoms with Crippen molar-refractivity contribution in [1.29, 1.82) is 10.5 Å². The van der Waals surface area contributed by atoms with Gasteiger partial charge in [0.15, 0.2) is 5.82 Å². The average molecular weight is 705 g/mol. The second kappa shape index (κ2) is 18.6.